The average Bonchev–Trinajstić information content (AvgIpc) is 2.37. The van der Waals surface area contributed by atoms with Crippen LogP contribution < -0.4 is 0 Å². The summed E-state index contributed by atoms with van der Waals surface area (Å²) in [6, 6.07) is 10.2. The molecule has 0 radical (unpaired) electrons. The molecule has 1 saturated carbocycles. The van der Waals surface area contributed by atoms with Crippen LogP contribution in [0.5, 0.6) is 0 Å². The van der Waals surface area contributed by atoms with Crippen molar-refractivity contribution in [2.75, 3.05) is 0 Å². The Kier molecular flexibility index (Phi) is 4.22. The predicted molar refractivity (Wildman–Crippen MR) is 71.8 cm³/mol. The third kappa shape index (κ3) is 2.71. The number of hydrogen-bond donors (Lipinski definition) is 1. The second-order valence-corrected chi connectivity index (χ2v) is 5.38. The molecular weight excluding hydrogens is 208 g/mol. The highest BCUT2D eigenvalue weighted by Gasteiger charge is 2.45. The molecule has 0 heterocycles. The predicted octanol–water partition coefficient (Wildman–Crippen LogP) is 4.25. The lowest BCUT2D eigenvalue weighted by Gasteiger charge is -2.46. The van der Waals surface area contributed by atoms with Gasteiger partial charge in [-0.3, -0.25) is 0 Å². The lowest BCUT2D eigenvalue weighted by Crippen LogP contribution is -2.44. The molecule has 2 rings (SSSR count). The first kappa shape index (κ1) is 12.6. The first-order valence-electron chi connectivity index (χ1n) is 7.05. The summed E-state index contributed by atoms with van der Waals surface area (Å²) in [6.45, 7) is 2.24. The van der Waals surface area contributed by atoms with Crippen molar-refractivity contribution in [3.8, 4) is 0 Å². The van der Waals surface area contributed by atoms with Crippen LogP contribution in [0, 0.1) is 5.92 Å². The Balaban J connectivity index is 1.89. The van der Waals surface area contributed by atoms with Crippen molar-refractivity contribution < 1.29 is 5.11 Å². The van der Waals surface area contributed by atoms with Crippen molar-refractivity contribution in [1.29, 1.82) is 0 Å². The summed E-state index contributed by atoms with van der Waals surface area (Å²) in [5.41, 5.74) is 0.597. The minimum atomic E-state index is -0.520. The van der Waals surface area contributed by atoms with Gasteiger partial charge in [-0.1, -0.05) is 62.9 Å². The lowest BCUT2D eigenvalue weighted by atomic mass is 9.64. The summed E-state index contributed by atoms with van der Waals surface area (Å²) in [6.07, 6.45) is 8.52. The van der Waals surface area contributed by atoms with Gasteiger partial charge < -0.3 is 5.11 Å². The molecule has 1 aromatic rings. The fourth-order valence-corrected chi connectivity index (χ4v) is 2.93. The fraction of sp³-hybridized carbons (Fsp3) is 0.625. The number of aliphatic hydroxyl groups is 1. The second kappa shape index (κ2) is 5.68. The molecule has 94 valence electrons. The smallest absolute Gasteiger partial charge is 0.0924 e. The van der Waals surface area contributed by atoms with Crippen LogP contribution in [0.15, 0.2) is 30.3 Å². The Labute approximate surface area is 105 Å². The molecule has 0 amide bonds. The van der Waals surface area contributed by atoms with E-state index in [1.165, 1.54) is 38.5 Å². The third-order valence-corrected chi connectivity index (χ3v) is 4.23. The van der Waals surface area contributed by atoms with Crippen LogP contribution in [0.1, 0.15) is 57.4 Å². The molecule has 0 unspecified atom stereocenters. The summed E-state index contributed by atoms with van der Waals surface area (Å²) in [5.74, 6) is 0.488. The Morgan fingerprint density at radius 3 is 2.53 bits per heavy atom. The van der Waals surface area contributed by atoms with E-state index in [9.17, 15) is 5.11 Å². The van der Waals surface area contributed by atoms with Gasteiger partial charge in [-0.25, -0.2) is 0 Å². The zero-order valence-corrected chi connectivity index (χ0v) is 10.9. The van der Waals surface area contributed by atoms with Gasteiger partial charge in [0.15, 0.2) is 0 Å². The van der Waals surface area contributed by atoms with E-state index in [0.29, 0.717) is 5.92 Å². The molecule has 17 heavy (non-hydrogen) atoms. The maximum Gasteiger partial charge on any atom is 0.0924 e. The molecule has 2 atom stereocenters. The summed E-state index contributed by atoms with van der Waals surface area (Å²) in [5, 5.41) is 10.7. The molecular formula is C16H24O. The number of rotatable bonds is 6. The zero-order valence-electron chi connectivity index (χ0n) is 10.9. The fourth-order valence-electron chi connectivity index (χ4n) is 2.93. The molecule has 1 heteroatoms. The summed E-state index contributed by atoms with van der Waals surface area (Å²) < 4.78 is 0. The van der Waals surface area contributed by atoms with E-state index >= 15 is 0 Å². The van der Waals surface area contributed by atoms with Crippen molar-refractivity contribution in [2.45, 2.75) is 57.5 Å². The Morgan fingerprint density at radius 2 is 1.94 bits per heavy atom. The van der Waals surface area contributed by atoms with Gasteiger partial charge in [0, 0.05) is 0 Å². The van der Waals surface area contributed by atoms with Crippen LogP contribution in [0.25, 0.3) is 0 Å². The van der Waals surface area contributed by atoms with Crippen molar-refractivity contribution in [3.05, 3.63) is 35.9 Å². The van der Waals surface area contributed by atoms with E-state index in [-0.39, 0.29) is 0 Å². The normalized spacial score (nSPS) is 27.8. The van der Waals surface area contributed by atoms with Crippen LogP contribution in [-0.2, 0) is 5.60 Å². The first-order valence-corrected chi connectivity index (χ1v) is 7.05. The van der Waals surface area contributed by atoms with Crippen LogP contribution in [-0.4, -0.2) is 5.11 Å². The lowest BCUT2D eigenvalue weighted by molar-refractivity contribution is -0.105. The molecule has 0 saturated heterocycles. The molecule has 1 aliphatic rings. The van der Waals surface area contributed by atoms with Crippen molar-refractivity contribution >= 4 is 0 Å². The van der Waals surface area contributed by atoms with Crippen molar-refractivity contribution in [1.82, 2.24) is 0 Å². The Morgan fingerprint density at radius 1 is 1.18 bits per heavy atom. The van der Waals surface area contributed by atoms with Gasteiger partial charge in [0.2, 0.25) is 0 Å². The molecule has 1 fully saturated rings. The summed E-state index contributed by atoms with van der Waals surface area (Å²) in [4.78, 5) is 0. The van der Waals surface area contributed by atoms with E-state index < -0.39 is 5.60 Å². The SMILES string of the molecule is CCCCCC[C@H]1CC[C@]1(O)c1ccccc1. The van der Waals surface area contributed by atoms with Gasteiger partial charge in [-0.2, -0.15) is 0 Å². The molecule has 1 aromatic carbocycles. The van der Waals surface area contributed by atoms with Crippen LogP contribution >= 0.6 is 0 Å². The number of benzene rings is 1. The first-order chi connectivity index (χ1) is 8.27. The van der Waals surface area contributed by atoms with E-state index in [0.717, 1.165) is 12.0 Å². The monoisotopic (exact) mass is 232 g/mol. The maximum atomic E-state index is 10.7. The molecule has 1 aliphatic carbocycles. The largest absolute Gasteiger partial charge is 0.385 e. The van der Waals surface area contributed by atoms with Gasteiger partial charge in [0.1, 0.15) is 0 Å². The molecule has 1 N–H and O–H groups in total. The Hall–Kier alpha value is -0.820. The third-order valence-electron chi connectivity index (χ3n) is 4.23. The Bertz CT molecular complexity index is 333. The van der Waals surface area contributed by atoms with Crippen molar-refractivity contribution in [2.24, 2.45) is 5.92 Å². The quantitative estimate of drug-likeness (QED) is 0.727. The highest BCUT2D eigenvalue weighted by molar-refractivity contribution is 5.25. The van der Waals surface area contributed by atoms with Gasteiger partial charge in [0.05, 0.1) is 5.60 Å². The van der Waals surface area contributed by atoms with E-state index in [2.05, 4.69) is 19.1 Å². The topological polar surface area (TPSA) is 20.2 Å². The molecule has 0 aliphatic heterocycles. The van der Waals surface area contributed by atoms with Gasteiger partial charge in [-0.05, 0) is 30.7 Å². The minimum Gasteiger partial charge on any atom is -0.385 e. The standard InChI is InChI=1S/C16H24O/c1-2-3-4-6-11-15-12-13-16(15,17)14-9-7-5-8-10-14/h5,7-10,15,17H,2-4,6,11-13H2,1H3/t15-,16-/m0/s1. The molecule has 0 aromatic heterocycles. The van der Waals surface area contributed by atoms with Crippen molar-refractivity contribution in [3.63, 3.8) is 0 Å². The van der Waals surface area contributed by atoms with Gasteiger partial charge in [-0.15, -0.1) is 0 Å². The molecule has 0 bridgehead atoms. The average molecular weight is 232 g/mol. The highest BCUT2D eigenvalue weighted by Crippen LogP contribution is 2.48. The summed E-state index contributed by atoms with van der Waals surface area (Å²) >= 11 is 0. The molecule has 1 nitrogen and oxygen atoms in total. The molecule has 0 spiro atoms. The van der Waals surface area contributed by atoms with E-state index in [1.807, 2.05) is 18.2 Å². The van der Waals surface area contributed by atoms with Gasteiger partial charge in [0.25, 0.3) is 0 Å². The second-order valence-electron chi connectivity index (χ2n) is 5.38. The van der Waals surface area contributed by atoms with Gasteiger partial charge >= 0.3 is 0 Å². The van der Waals surface area contributed by atoms with E-state index in [1.54, 1.807) is 0 Å². The maximum absolute atomic E-state index is 10.7. The number of unbranched alkanes of at least 4 members (excludes halogenated alkanes) is 3. The van der Waals surface area contributed by atoms with Crippen LogP contribution in [0.3, 0.4) is 0 Å². The zero-order chi connectivity index (χ0) is 12.1. The minimum absolute atomic E-state index is 0.488. The summed E-state index contributed by atoms with van der Waals surface area (Å²) in [7, 11) is 0. The highest BCUT2D eigenvalue weighted by atomic mass is 16.3. The van der Waals surface area contributed by atoms with Crippen LogP contribution in [0.4, 0.5) is 0 Å². The van der Waals surface area contributed by atoms with E-state index in [4.69, 9.17) is 0 Å². The number of hydrogen-bond acceptors (Lipinski definition) is 1. The van der Waals surface area contributed by atoms with Crippen LogP contribution in [0.2, 0.25) is 0 Å².